The van der Waals surface area contributed by atoms with E-state index in [1.54, 1.807) is 24.3 Å². The van der Waals surface area contributed by atoms with Crippen LogP contribution >= 0.6 is 46.4 Å². The molecule has 0 radical (unpaired) electrons. The topological polar surface area (TPSA) is 59.1 Å². The zero-order chi connectivity index (χ0) is 30.7. The van der Waals surface area contributed by atoms with E-state index in [0.29, 0.717) is 100.0 Å². The number of Topliss-reactive ketones (excluding diaryl/α,β-unsaturated/α-hetero) is 2. The first kappa shape index (κ1) is 36.7. The Balaban J connectivity index is 2.34. The highest BCUT2D eigenvalue weighted by atomic mass is 35.5. The van der Waals surface area contributed by atoms with Crippen molar-refractivity contribution in [3.63, 3.8) is 0 Å². The summed E-state index contributed by atoms with van der Waals surface area (Å²) in [5, 5.41) is 0. The molecule has 0 saturated heterocycles. The van der Waals surface area contributed by atoms with Crippen molar-refractivity contribution < 1.29 is 19.1 Å². The summed E-state index contributed by atoms with van der Waals surface area (Å²) in [6.07, 6.45) is 1.05. The minimum atomic E-state index is -0.348. The van der Waals surface area contributed by atoms with Gasteiger partial charge in [0.25, 0.3) is 0 Å². The van der Waals surface area contributed by atoms with Crippen LogP contribution in [0.25, 0.3) is 0 Å². The zero-order valence-electron chi connectivity index (χ0n) is 24.7. The predicted molar refractivity (Wildman–Crippen MR) is 176 cm³/mol. The van der Waals surface area contributed by atoms with E-state index < -0.39 is 0 Å². The smallest absolute Gasteiger partial charge is 0.167 e. The van der Waals surface area contributed by atoms with Gasteiger partial charge in [-0.05, 0) is 75.2 Å². The fourth-order valence-electron chi connectivity index (χ4n) is 4.94. The highest BCUT2D eigenvalue weighted by Gasteiger charge is 2.28. The van der Waals surface area contributed by atoms with Gasteiger partial charge in [-0.1, -0.05) is 0 Å². The lowest BCUT2D eigenvalue weighted by Gasteiger charge is -2.29. The number of ether oxygens (including phenoxy) is 2. The van der Waals surface area contributed by atoms with Crippen molar-refractivity contribution in [3.8, 4) is 11.5 Å². The van der Waals surface area contributed by atoms with E-state index in [1.165, 1.54) is 0 Å². The summed E-state index contributed by atoms with van der Waals surface area (Å²) in [5.74, 6) is 2.54. The summed E-state index contributed by atoms with van der Waals surface area (Å²) < 4.78 is 11.1. The van der Waals surface area contributed by atoms with E-state index in [4.69, 9.17) is 55.9 Å². The fourth-order valence-corrected chi connectivity index (χ4v) is 5.89. The van der Waals surface area contributed by atoms with Gasteiger partial charge in [-0.2, -0.15) is 0 Å². The molecular weight excluding hydrogens is 618 g/mol. The molecule has 2 aromatic rings. The van der Waals surface area contributed by atoms with Gasteiger partial charge < -0.3 is 19.3 Å². The summed E-state index contributed by atoms with van der Waals surface area (Å²) >= 11 is 24.3. The first-order valence-electron chi connectivity index (χ1n) is 14.6. The van der Waals surface area contributed by atoms with Crippen LogP contribution < -0.4 is 9.47 Å². The lowest BCUT2D eigenvalue weighted by Crippen LogP contribution is -2.38. The summed E-state index contributed by atoms with van der Waals surface area (Å²) in [4.78, 5) is 32.0. The average molecular weight is 663 g/mol. The summed E-state index contributed by atoms with van der Waals surface area (Å²) in [5.41, 5.74) is 1.22. The number of carbonyl (C=O) groups excluding carboxylic acids is 2. The maximum absolute atomic E-state index is 13.9. The molecule has 0 saturated carbocycles. The first-order valence-corrected chi connectivity index (χ1v) is 16.8. The third kappa shape index (κ3) is 12.6. The Labute approximate surface area is 271 Å². The number of halogens is 4. The quantitative estimate of drug-likeness (QED) is 0.0934. The van der Waals surface area contributed by atoms with Gasteiger partial charge in [0.15, 0.2) is 11.6 Å². The molecule has 0 bridgehead atoms. The van der Waals surface area contributed by atoms with Crippen molar-refractivity contribution in [2.75, 3.05) is 76.0 Å². The van der Waals surface area contributed by atoms with Crippen LogP contribution in [-0.4, -0.2) is 97.4 Å². The lowest BCUT2D eigenvalue weighted by molar-refractivity contribution is 0.0816. The van der Waals surface area contributed by atoms with Crippen LogP contribution in [0.1, 0.15) is 47.4 Å². The van der Waals surface area contributed by atoms with Gasteiger partial charge in [-0.15, -0.1) is 46.4 Å². The second kappa shape index (κ2) is 21.2. The number of alkyl halides is 4. The molecule has 0 aromatic heterocycles. The highest BCUT2D eigenvalue weighted by Crippen LogP contribution is 2.25. The molecule has 2 aromatic carbocycles. The molecule has 0 spiro atoms. The van der Waals surface area contributed by atoms with Crippen LogP contribution in [-0.2, 0) is 0 Å². The number of carbonyl (C=O) groups is 2. The molecule has 42 heavy (non-hydrogen) atoms. The van der Waals surface area contributed by atoms with E-state index in [9.17, 15) is 9.59 Å². The predicted octanol–water partition coefficient (Wildman–Crippen LogP) is 7.12. The minimum Gasteiger partial charge on any atom is -0.494 e. The van der Waals surface area contributed by atoms with Crippen molar-refractivity contribution in [2.45, 2.75) is 26.7 Å². The molecule has 0 amide bonds. The molecule has 0 aliphatic heterocycles. The monoisotopic (exact) mass is 660 g/mol. The molecule has 2 atom stereocenters. The molecule has 10 heteroatoms. The third-order valence-electron chi connectivity index (χ3n) is 7.06. The van der Waals surface area contributed by atoms with Crippen LogP contribution in [0.2, 0.25) is 0 Å². The van der Waals surface area contributed by atoms with Gasteiger partial charge in [0, 0.05) is 85.8 Å². The maximum atomic E-state index is 13.9. The normalized spacial score (nSPS) is 12.9. The molecule has 0 aliphatic rings. The Hall–Kier alpha value is -1.54. The summed E-state index contributed by atoms with van der Waals surface area (Å²) in [6.45, 7) is 8.43. The van der Waals surface area contributed by atoms with E-state index >= 15 is 0 Å². The third-order valence-corrected chi connectivity index (χ3v) is 7.74. The Morgan fingerprint density at radius 1 is 0.595 bits per heavy atom. The van der Waals surface area contributed by atoms with Gasteiger partial charge in [-0.3, -0.25) is 9.59 Å². The van der Waals surface area contributed by atoms with Crippen molar-refractivity contribution in [1.82, 2.24) is 9.80 Å². The molecule has 234 valence electrons. The number of ketones is 2. The largest absolute Gasteiger partial charge is 0.494 e. The molecule has 2 unspecified atom stereocenters. The number of nitrogens with zero attached hydrogens (tertiary/aromatic N) is 2. The lowest BCUT2D eigenvalue weighted by atomic mass is 9.86. The SMILES string of the molecule is CCOc1ccc(C(=O)C(CCC(CN(CCCl)CCCl)C(=O)c2ccc(OCC)cc2)CN(CCCl)CCCl)cc1. The zero-order valence-corrected chi connectivity index (χ0v) is 27.7. The van der Waals surface area contributed by atoms with Crippen LogP contribution in [0, 0.1) is 11.8 Å². The second-order valence-electron chi connectivity index (χ2n) is 9.97. The number of benzene rings is 2. The van der Waals surface area contributed by atoms with Crippen molar-refractivity contribution in [3.05, 3.63) is 59.7 Å². The van der Waals surface area contributed by atoms with Crippen molar-refractivity contribution in [2.24, 2.45) is 11.8 Å². The molecule has 0 heterocycles. The fraction of sp³-hybridized carbons (Fsp3) is 0.562. The number of rotatable bonds is 23. The Morgan fingerprint density at radius 2 is 0.905 bits per heavy atom. The van der Waals surface area contributed by atoms with Crippen LogP contribution in [0.4, 0.5) is 0 Å². The maximum Gasteiger partial charge on any atom is 0.167 e. The van der Waals surface area contributed by atoms with E-state index in [0.717, 1.165) is 11.5 Å². The van der Waals surface area contributed by atoms with E-state index in [1.807, 2.05) is 38.1 Å². The highest BCUT2D eigenvalue weighted by molar-refractivity contribution is 6.18. The number of hydrogen-bond donors (Lipinski definition) is 0. The summed E-state index contributed by atoms with van der Waals surface area (Å²) in [6, 6.07) is 14.5. The molecule has 0 N–H and O–H groups in total. The molecule has 0 aliphatic carbocycles. The first-order chi connectivity index (χ1) is 20.4. The van der Waals surface area contributed by atoms with Crippen LogP contribution in [0.3, 0.4) is 0 Å². The summed E-state index contributed by atoms with van der Waals surface area (Å²) in [7, 11) is 0. The van der Waals surface area contributed by atoms with E-state index in [2.05, 4.69) is 9.80 Å². The Morgan fingerprint density at radius 3 is 1.17 bits per heavy atom. The Bertz CT molecular complexity index is 944. The average Bonchev–Trinajstić information content (AvgIpc) is 2.99. The van der Waals surface area contributed by atoms with Gasteiger partial charge in [0.2, 0.25) is 0 Å². The van der Waals surface area contributed by atoms with Gasteiger partial charge in [0.05, 0.1) is 13.2 Å². The molecule has 6 nitrogen and oxygen atoms in total. The Kier molecular flexibility index (Phi) is 18.5. The molecule has 2 rings (SSSR count). The number of hydrogen-bond acceptors (Lipinski definition) is 6. The van der Waals surface area contributed by atoms with Crippen LogP contribution in [0.15, 0.2) is 48.5 Å². The van der Waals surface area contributed by atoms with E-state index in [-0.39, 0.29) is 23.4 Å². The molecular formula is C32H44Cl4N2O4. The second-order valence-corrected chi connectivity index (χ2v) is 11.5. The van der Waals surface area contributed by atoms with Gasteiger partial charge in [0.1, 0.15) is 11.5 Å². The molecule has 0 fully saturated rings. The standard InChI is InChI=1S/C32H44Cl4N2O4/c1-3-41-29-11-7-25(8-12-29)31(39)27(23-37(19-15-33)20-16-34)5-6-28(24-38(21-17-35)22-18-36)32(40)26-9-13-30(14-10-26)42-4-2/h7-14,27-28H,3-6,15-24H2,1-2H3. The van der Waals surface area contributed by atoms with Crippen molar-refractivity contribution >= 4 is 58.0 Å². The van der Waals surface area contributed by atoms with Gasteiger partial charge >= 0.3 is 0 Å². The minimum absolute atomic E-state index is 0.0258. The van der Waals surface area contributed by atoms with Gasteiger partial charge in [-0.25, -0.2) is 0 Å². The van der Waals surface area contributed by atoms with Crippen LogP contribution in [0.5, 0.6) is 11.5 Å². The van der Waals surface area contributed by atoms with Crippen molar-refractivity contribution in [1.29, 1.82) is 0 Å².